The molecule has 0 radical (unpaired) electrons. The minimum atomic E-state index is -1.17. The maximum absolute atomic E-state index is 10.8. The summed E-state index contributed by atoms with van der Waals surface area (Å²) >= 11 is 6.00. The van der Waals surface area contributed by atoms with Gasteiger partial charge in [0.05, 0.1) is 17.8 Å². The number of carboxylic acids is 1. The van der Waals surface area contributed by atoms with E-state index in [2.05, 4.69) is 10.1 Å². The van der Waals surface area contributed by atoms with E-state index >= 15 is 0 Å². The fraction of sp³-hybridized carbons (Fsp3) is 0.182. The average Bonchev–Trinajstić information content (AvgIpc) is 2.71. The van der Waals surface area contributed by atoms with Crippen molar-refractivity contribution >= 4 is 17.6 Å². The Labute approximate surface area is 108 Å². The number of hydrogen-bond donors (Lipinski definition) is 1. The molecule has 0 saturated carbocycles. The lowest BCUT2D eigenvalue weighted by Gasteiger charge is -2.06. The van der Waals surface area contributed by atoms with Crippen LogP contribution >= 0.6 is 11.6 Å². The number of aromatic nitrogens is 3. The zero-order chi connectivity index (χ0) is 13.3. The van der Waals surface area contributed by atoms with Crippen molar-refractivity contribution < 1.29 is 14.6 Å². The Hall–Kier alpha value is -2.08. The first kappa shape index (κ1) is 12.4. The molecule has 1 aromatic heterocycles. The summed E-state index contributed by atoms with van der Waals surface area (Å²) in [6.07, 6.45) is 0. The van der Waals surface area contributed by atoms with Gasteiger partial charge in [0.2, 0.25) is 0 Å². The van der Waals surface area contributed by atoms with E-state index in [4.69, 9.17) is 21.4 Å². The molecule has 0 saturated heterocycles. The van der Waals surface area contributed by atoms with E-state index in [9.17, 15) is 4.79 Å². The molecule has 1 aromatic carbocycles. The first-order valence-electron chi connectivity index (χ1n) is 5.04. The maximum atomic E-state index is 10.8. The monoisotopic (exact) mass is 267 g/mol. The van der Waals surface area contributed by atoms with Crippen LogP contribution in [0.1, 0.15) is 16.4 Å². The normalized spacial score (nSPS) is 10.4. The van der Waals surface area contributed by atoms with Crippen LogP contribution in [0.25, 0.3) is 5.69 Å². The Morgan fingerprint density at radius 3 is 2.72 bits per heavy atom. The van der Waals surface area contributed by atoms with Crippen LogP contribution in [0.2, 0.25) is 5.02 Å². The van der Waals surface area contributed by atoms with Crippen molar-refractivity contribution in [3.63, 3.8) is 0 Å². The van der Waals surface area contributed by atoms with Gasteiger partial charge in [0.15, 0.2) is 0 Å². The van der Waals surface area contributed by atoms with E-state index in [0.29, 0.717) is 22.3 Å². The van der Waals surface area contributed by atoms with Crippen molar-refractivity contribution in [2.24, 2.45) is 0 Å². The molecule has 1 N–H and O–H groups in total. The van der Waals surface area contributed by atoms with Gasteiger partial charge in [-0.2, -0.15) is 0 Å². The molecule has 0 aliphatic carbocycles. The summed E-state index contributed by atoms with van der Waals surface area (Å²) in [4.78, 5) is 14.6. The van der Waals surface area contributed by atoms with E-state index in [0.717, 1.165) is 0 Å². The number of aromatic carboxylic acids is 1. The van der Waals surface area contributed by atoms with Gasteiger partial charge in [-0.3, -0.25) is 0 Å². The molecule has 0 aliphatic rings. The molecule has 0 amide bonds. The van der Waals surface area contributed by atoms with Gasteiger partial charge >= 0.3 is 5.97 Å². The molecule has 0 aliphatic heterocycles. The largest absolute Gasteiger partial charge is 0.495 e. The smallest absolute Gasteiger partial charge is 0.375 e. The first-order chi connectivity index (χ1) is 8.52. The van der Waals surface area contributed by atoms with Crippen molar-refractivity contribution in [1.82, 2.24) is 14.8 Å². The SMILES string of the molecule is COc1ccc(-n2nc(C(=O)O)nc2C)cc1Cl. The number of nitrogens with zero attached hydrogens (tertiary/aromatic N) is 3. The van der Waals surface area contributed by atoms with Crippen LogP contribution in [0.5, 0.6) is 5.75 Å². The number of rotatable bonds is 3. The Balaban J connectivity index is 2.48. The number of benzene rings is 1. The number of aryl methyl sites for hydroxylation is 1. The van der Waals surface area contributed by atoms with Gasteiger partial charge in [0.25, 0.3) is 5.82 Å². The van der Waals surface area contributed by atoms with Gasteiger partial charge in [-0.15, -0.1) is 5.10 Å². The summed E-state index contributed by atoms with van der Waals surface area (Å²) in [5, 5.41) is 13.1. The van der Waals surface area contributed by atoms with Gasteiger partial charge in [-0.05, 0) is 25.1 Å². The molecule has 18 heavy (non-hydrogen) atoms. The van der Waals surface area contributed by atoms with Crippen molar-refractivity contribution in [3.8, 4) is 11.4 Å². The fourth-order valence-electron chi connectivity index (χ4n) is 1.51. The van der Waals surface area contributed by atoms with Gasteiger partial charge in [0, 0.05) is 0 Å². The molecule has 0 spiro atoms. The lowest BCUT2D eigenvalue weighted by molar-refractivity contribution is 0.0683. The number of methoxy groups -OCH3 is 1. The Kier molecular flexibility index (Phi) is 3.20. The summed E-state index contributed by atoms with van der Waals surface area (Å²) in [5.74, 6) is -0.416. The van der Waals surface area contributed by atoms with Crippen LogP contribution in [0.3, 0.4) is 0 Å². The summed E-state index contributed by atoms with van der Waals surface area (Å²) < 4.78 is 6.45. The highest BCUT2D eigenvalue weighted by atomic mass is 35.5. The van der Waals surface area contributed by atoms with E-state index in [1.807, 2.05) is 0 Å². The van der Waals surface area contributed by atoms with E-state index in [-0.39, 0.29) is 5.82 Å². The number of carbonyl (C=O) groups is 1. The third-order valence-electron chi connectivity index (χ3n) is 2.34. The van der Waals surface area contributed by atoms with E-state index < -0.39 is 5.97 Å². The second-order valence-corrected chi connectivity index (χ2v) is 3.93. The zero-order valence-electron chi connectivity index (χ0n) is 9.72. The molecule has 0 fully saturated rings. The lowest BCUT2D eigenvalue weighted by atomic mass is 10.3. The summed E-state index contributed by atoms with van der Waals surface area (Å²) in [6, 6.07) is 5.03. The predicted molar refractivity (Wildman–Crippen MR) is 64.6 cm³/mol. The summed E-state index contributed by atoms with van der Waals surface area (Å²) in [7, 11) is 1.52. The van der Waals surface area contributed by atoms with Crippen LogP contribution in [-0.4, -0.2) is 33.0 Å². The molecule has 7 heteroatoms. The Morgan fingerprint density at radius 1 is 1.50 bits per heavy atom. The summed E-state index contributed by atoms with van der Waals surface area (Å²) in [5.41, 5.74) is 0.623. The van der Waals surface area contributed by atoms with Gasteiger partial charge in [-0.1, -0.05) is 11.6 Å². The number of halogens is 1. The van der Waals surface area contributed by atoms with Gasteiger partial charge in [-0.25, -0.2) is 14.5 Å². The minimum absolute atomic E-state index is 0.251. The summed E-state index contributed by atoms with van der Waals surface area (Å²) in [6.45, 7) is 1.66. The Bertz CT molecular complexity index is 610. The van der Waals surface area contributed by atoms with Crippen molar-refractivity contribution in [2.75, 3.05) is 7.11 Å². The molecular weight excluding hydrogens is 258 g/mol. The maximum Gasteiger partial charge on any atom is 0.375 e. The van der Waals surface area contributed by atoms with E-state index in [1.54, 1.807) is 25.1 Å². The predicted octanol–water partition coefficient (Wildman–Crippen LogP) is 1.94. The van der Waals surface area contributed by atoms with Crippen molar-refractivity contribution in [2.45, 2.75) is 6.92 Å². The van der Waals surface area contributed by atoms with Crippen molar-refractivity contribution in [1.29, 1.82) is 0 Å². The molecule has 1 heterocycles. The number of ether oxygens (including phenoxy) is 1. The molecule has 2 rings (SSSR count). The zero-order valence-corrected chi connectivity index (χ0v) is 10.5. The second-order valence-electron chi connectivity index (χ2n) is 3.52. The van der Waals surface area contributed by atoms with Crippen LogP contribution < -0.4 is 4.74 Å². The number of carboxylic acid groups (broad SMARTS) is 1. The van der Waals surface area contributed by atoms with Gasteiger partial charge < -0.3 is 9.84 Å². The highest BCUT2D eigenvalue weighted by Gasteiger charge is 2.14. The van der Waals surface area contributed by atoms with Gasteiger partial charge in [0.1, 0.15) is 11.6 Å². The first-order valence-corrected chi connectivity index (χ1v) is 5.41. The molecule has 2 aromatic rings. The quantitative estimate of drug-likeness (QED) is 0.919. The molecule has 0 unspecified atom stereocenters. The second kappa shape index (κ2) is 4.66. The molecule has 0 atom stereocenters. The average molecular weight is 268 g/mol. The highest BCUT2D eigenvalue weighted by Crippen LogP contribution is 2.26. The molecule has 0 bridgehead atoms. The highest BCUT2D eigenvalue weighted by molar-refractivity contribution is 6.32. The molecular formula is C11H10ClN3O3. The van der Waals surface area contributed by atoms with E-state index in [1.165, 1.54) is 11.8 Å². The number of hydrogen-bond acceptors (Lipinski definition) is 4. The topological polar surface area (TPSA) is 77.2 Å². The minimum Gasteiger partial charge on any atom is -0.495 e. The third kappa shape index (κ3) is 2.14. The van der Waals surface area contributed by atoms with Crippen LogP contribution in [0.4, 0.5) is 0 Å². The van der Waals surface area contributed by atoms with Crippen LogP contribution in [0.15, 0.2) is 18.2 Å². The standard InChI is InChI=1S/C11H10ClN3O3/c1-6-13-10(11(16)17)14-15(6)7-3-4-9(18-2)8(12)5-7/h3-5H,1-2H3,(H,16,17). The lowest BCUT2D eigenvalue weighted by Crippen LogP contribution is -2.02. The fourth-order valence-corrected chi connectivity index (χ4v) is 1.76. The Morgan fingerprint density at radius 2 is 2.22 bits per heavy atom. The molecule has 6 nitrogen and oxygen atoms in total. The van der Waals surface area contributed by atoms with Crippen molar-refractivity contribution in [3.05, 3.63) is 34.9 Å². The molecule has 94 valence electrons. The van der Waals surface area contributed by atoms with Crippen LogP contribution in [-0.2, 0) is 0 Å². The third-order valence-corrected chi connectivity index (χ3v) is 2.64. The van der Waals surface area contributed by atoms with Crippen LogP contribution in [0, 0.1) is 6.92 Å².